The summed E-state index contributed by atoms with van der Waals surface area (Å²) in [6, 6.07) is 8.41. The van der Waals surface area contributed by atoms with Crippen LogP contribution < -0.4 is 14.8 Å². The molecule has 0 saturated carbocycles. The maximum absolute atomic E-state index is 13.2. The molecule has 3 nitrogen and oxygen atoms in total. The predicted molar refractivity (Wildman–Crippen MR) is 99.8 cm³/mol. The fraction of sp³-hybridized carbons (Fsp3) is 0.333. The van der Waals surface area contributed by atoms with Crippen molar-refractivity contribution in [2.45, 2.75) is 26.8 Å². The topological polar surface area (TPSA) is 30.5 Å². The van der Waals surface area contributed by atoms with Crippen LogP contribution in [-0.2, 0) is 6.54 Å². The Bertz CT molecular complexity index is 697. The van der Waals surface area contributed by atoms with E-state index in [0.29, 0.717) is 25.5 Å². The van der Waals surface area contributed by atoms with Gasteiger partial charge in [-0.15, -0.1) is 0 Å². The summed E-state index contributed by atoms with van der Waals surface area (Å²) in [6.45, 7) is 5.73. The van der Waals surface area contributed by atoms with Gasteiger partial charge in [0.25, 0.3) is 0 Å². The number of rotatable bonds is 8. The largest absolute Gasteiger partial charge is 0.490 e. The van der Waals surface area contributed by atoms with Gasteiger partial charge in [-0.05, 0) is 49.2 Å². The second kappa shape index (κ2) is 9.14. The van der Waals surface area contributed by atoms with E-state index in [2.05, 4.69) is 28.2 Å². The summed E-state index contributed by atoms with van der Waals surface area (Å²) in [5, 5.41) is 3.32. The van der Waals surface area contributed by atoms with Gasteiger partial charge >= 0.3 is 0 Å². The van der Waals surface area contributed by atoms with Crippen LogP contribution in [0.3, 0.4) is 0 Å². The lowest BCUT2D eigenvalue weighted by molar-refractivity contribution is 0.276. The molecule has 0 aromatic heterocycles. The van der Waals surface area contributed by atoms with E-state index >= 15 is 0 Å². The zero-order valence-corrected chi connectivity index (χ0v) is 16.0. The lowest BCUT2D eigenvalue weighted by Gasteiger charge is -2.15. The molecule has 0 heterocycles. The molecule has 24 heavy (non-hydrogen) atoms. The highest BCUT2D eigenvalue weighted by atomic mass is 79.9. The molecule has 2 aromatic carbocycles. The Hall–Kier alpha value is -1.46. The first-order valence-corrected chi connectivity index (χ1v) is 8.99. The van der Waals surface area contributed by atoms with Gasteiger partial charge in [-0.3, -0.25) is 0 Å². The molecule has 0 amide bonds. The summed E-state index contributed by atoms with van der Waals surface area (Å²) in [7, 11) is 0. The number of ether oxygens (including phenoxy) is 2. The standard InChI is InChI=1S/C18H20BrClFNO2/c1-3-7-24-18-10-14(19)12(8-17(18)23-4-2)11-22-13-5-6-16(21)15(20)9-13/h5-6,8-10,22H,3-4,7,11H2,1-2H3. The Labute approximate surface area is 155 Å². The molecule has 2 aromatic rings. The van der Waals surface area contributed by atoms with E-state index in [1.54, 1.807) is 12.1 Å². The fourth-order valence-electron chi connectivity index (χ4n) is 2.11. The number of anilines is 1. The summed E-state index contributed by atoms with van der Waals surface area (Å²) in [4.78, 5) is 0. The Morgan fingerprint density at radius 2 is 1.88 bits per heavy atom. The summed E-state index contributed by atoms with van der Waals surface area (Å²) in [5.74, 6) is 1.00. The molecule has 0 aliphatic carbocycles. The molecule has 0 spiro atoms. The van der Waals surface area contributed by atoms with Crippen LogP contribution in [0.1, 0.15) is 25.8 Å². The first-order chi connectivity index (χ1) is 11.5. The molecule has 0 bridgehead atoms. The Morgan fingerprint density at radius 3 is 2.54 bits per heavy atom. The van der Waals surface area contributed by atoms with E-state index in [4.69, 9.17) is 21.1 Å². The van der Waals surface area contributed by atoms with Crippen LogP contribution in [0, 0.1) is 5.82 Å². The molecule has 0 saturated heterocycles. The van der Waals surface area contributed by atoms with E-state index < -0.39 is 5.82 Å². The van der Waals surface area contributed by atoms with Crippen molar-refractivity contribution in [3.8, 4) is 11.5 Å². The van der Waals surface area contributed by atoms with Crippen molar-refractivity contribution in [1.82, 2.24) is 0 Å². The van der Waals surface area contributed by atoms with Crippen molar-refractivity contribution in [1.29, 1.82) is 0 Å². The van der Waals surface area contributed by atoms with Crippen molar-refractivity contribution in [3.05, 3.63) is 51.2 Å². The minimum absolute atomic E-state index is 0.0948. The van der Waals surface area contributed by atoms with Gasteiger partial charge in [0.2, 0.25) is 0 Å². The van der Waals surface area contributed by atoms with Crippen LogP contribution in [-0.4, -0.2) is 13.2 Å². The zero-order valence-electron chi connectivity index (χ0n) is 13.7. The highest BCUT2D eigenvalue weighted by molar-refractivity contribution is 9.10. The summed E-state index contributed by atoms with van der Waals surface area (Å²) in [6.07, 6.45) is 0.928. The van der Waals surface area contributed by atoms with Crippen molar-refractivity contribution in [2.24, 2.45) is 0 Å². The van der Waals surface area contributed by atoms with E-state index in [1.807, 2.05) is 19.1 Å². The lowest BCUT2D eigenvalue weighted by atomic mass is 10.2. The van der Waals surface area contributed by atoms with Gasteiger partial charge in [0.05, 0.1) is 18.2 Å². The maximum Gasteiger partial charge on any atom is 0.162 e. The Kier molecular flexibility index (Phi) is 7.18. The SMILES string of the molecule is CCCOc1cc(Br)c(CNc2ccc(F)c(Cl)c2)cc1OCC. The van der Waals surface area contributed by atoms with Crippen molar-refractivity contribution in [2.75, 3.05) is 18.5 Å². The molecule has 130 valence electrons. The lowest BCUT2D eigenvalue weighted by Crippen LogP contribution is -2.04. The maximum atomic E-state index is 13.2. The molecule has 0 aliphatic rings. The minimum Gasteiger partial charge on any atom is -0.490 e. The Morgan fingerprint density at radius 1 is 1.12 bits per heavy atom. The van der Waals surface area contributed by atoms with Crippen molar-refractivity contribution >= 4 is 33.2 Å². The van der Waals surface area contributed by atoms with Gasteiger partial charge in [-0.2, -0.15) is 0 Å². The number of nitrogens with one attached hydrogen (secondary N) is 1. The number of benzene rings is 2. The first-order valence-electron chi connectivity index (χ1n) is 7.82. The van der Waals surface area contributed by atoms with Gasteiger partial charge in [0, 0.05) is 16.7 Å². The average Bonchev–Trinajstić information content (AvgIpc) is 2.56. The molecule has 0 aliphatic heterocycles. The van der Waals surface area contributed by atoms with E-state index in [0.717, 1.165) is 27.9 Å². The summed E-state index contributed by atoms with van der Waals surface area (Å²) >= 11 is 9.36. The predicted octanol–water partition coefficient (Wildman–Crippen LogP) is 6.04. The van der Waals surface area contributed by atoms with Crippen LogP contribution in [0.15, 0.2) is 34.8 Å². The van der Waals surface area contributed by atoms with Gasteiger partial charge in [0.1, 0.15) is 5.82 Å². The molecule has 0 radical (unpaired) electrons. The molecule has 1 N–H and O–H groups in total. The quantitative estimate of drug-likeness (QED) is 0.569. The zero-order chi connectivity index (χ0) is 17.5. The van der Waals surface area contributed by atoms with Crippen LogP contribution in [0.4, 0.5) is 10.1 Å². The highest BCUT2D eigenvalue weighted by Gasteiger charge is 2.11. The Balaban J connectivity index is 2.16. The number of hydrogen-bond acceptors (Lipinski definition) is 3. The summed E-state index contributed by atoms with van der Waals surface area (Å²) in [5.41, 5.74) is 1.75. The summed E-state index contributed by atoms with van der Waals surface area (Å²) < 4.78 is 25.5. The van der Waals surface area contributed by atoms with Crippen LogP contribution in [0.5, 0.6) is 11.5 Å². The fourth-order valence-corrected chi connectivity index (χ4v) is 2.75. The molecular weight excluding hydrogens is 397 g/mol. The van der Waals surface area contributed by atoms with Gasteiger partial charge < -0.3 is 14.8 Å². The first kappa shape index (κ1) is 18.9. The minimum atomic E-state index is -0.431. The highest BCUT2D eigenvalue weighted by Crippen LogP contribution is 2.34. The second-order valence-corrected chi connectivity index (χ2v) is 6.42. The molecule has 0 unspecified atom stereocenters. The third kappa shape index (κ3) is 5.02. The van der Waals surface area contributed by atoms with Gasteiger partial charge in [-0.1, -0.05) is 34.5 Å². The van der Waals surface area contributed by atoms with E-state index in [-0.39, 0.29) is 5.02 Å². The molecule has 6 heteroatoms. The molecule has 0 atom stereocenters. The van der Waals surface area contributed by atoms with Gasteiger partial charge in [-0.25, -0.2) is 4.39 Å². The van der Waals surface area contributed by atoms with Crippen LogP contribution in [0.25, 0.3) is 0 Å². The van der Waals surface area contributed by atoms with Crippen molar-refractivity contribution < 1.29 is 13.9 Å². The molecule has 0 fully saturated rings. The smallest absolute Gasteiger partial charge is 0.162 e. The number of halogens is 3. The normalized spacial score (nSPS) is 10.5. The third-order valence-electron chi connectivity index (χ3n) is 3.28. The average molecular weight is 417 g/mol. The molecular formula is C18H20BrClFNO2. The van der Waals surface area contributed by atoms with Crippen LogP contribution in [0.2, 0.25) is 5.02 Å². The second-order valence-electron chi connectivity index (χ2n) is 5.15. The van der Waals surface area contributed by atoms with E-state index in [1.165, 1.54) is 6.07 Å². The third-order valence-corrected chi connectivity index (χ3v) is 4.30. The van der Waals surface area contributed by atoms with Crippen molar-refractivity contribution in [3.63, 3.8) is 0 Å². The number of hydrogen-bond donors (Lipinski definition) is 1. The van der Waals surface area contributed by atoms with Gasteiger partial charge in [0.15, 0.2) is 11.5 Å². The van der Waals surface area contributed by atoms with E-state index in [9.17, 15) is 4.39 Å². The van der Waals surface area contributed by atoms with Crippen LogP contribution >= 0.6 is 27.5 Å². The molecule has 2 rings (SSSR count). The monoisotopic (exact) mass is 415 g/mol.